The van der Waals surface area contributed by atoms with E-state index in [2.05, 4.69) is 11.1 Å². The van der Waals surface area contributed by atoms with Crippen molar-refractivity contribution < 1.29 is 9.53 Å². The normalized spacial score (nSPS) is 17.8. The quantitative estimate of drug-likeness (QED) is 0.939. The molecule has 1 aromatic heterocycles. The zero-order valence-corrected chi connectivity index (χ0v) is 12.6. The number of pyridine rings is 1. The zero-order chi connectivity index (χ0) is 16.4. The number of carbonyl (C=O) groups is 1. The average molecular weight is 308 g/mol. The molecule has 0 saturated carbocycles. The molecular weight excluding hydrogens is 292 g/mol. The van der Waals surface area contributed by atoms with E-state index in [4.69, 9.17) is 15.7 Å². The fourth-order valence-corrected chi connectivity index (χ4v) is 2.49. The van der Waals surface area contributed by atoms with E-state index in [1.807, 2.05) is 30.3 Å². The lowest BCUT2D eigenvalue weighted by Crippen LogP contribution is -2.43. The summed E-state index contributed by atoms with van der Waals surface area (Å²) < 4.78 is 5.84. The third-order valence-electron chi connectivity index (χ3n) is 3.63. The highest BCUT2D eigenvalue weighted by molar-refractivity contribution is 5.99. The molecule has 116 valence electrons. The molecule has 2 atom stereocenters. The molecule has 6 nitrogen and oxygen atoms in total. The molecule has 2 heterocycles. The Kier molecular flexibility index (Phi) is 3.85. The van der Waals surface area contributed by atoms with E-state index < -0.39 is 6.10 Å². The van der Waals surface area contributed by atoms with Crippen LogP contribution in [-0.4, -0.2) is 17.4 Å². The van der Waals surface area contributed by atoms with Gasteiger partial charge >= 0.3 is 0 Å². The molecule has 0 saturated heterocycles. The number of aromatic nitrogens is 1. The number of nitrogens with two attached hydrogens (primary N) is 1. The topological polar surface area (TPSA) is 92.2 Å². The molecule has 2 unspecified atom stereocenters. The van der Waals surface area contributed by atoms with Crippen LogP contribution in [-0.2, 0) is 4.79 Å². The van der Waals surface area contributed by atoms with Crippen molar-refractivity contribution in [2.75, 3.05) is 17.2 Å². The third kappa shape index (κ3) is 2.81. The Bertz CT molecular complexity index is 770. The van der Waals surface area contributed by atoms with Crippen LogP contribution in [0.25, 0.3) is 0 Å². The first-order valence-corrected chi connectivity index (χ1v) is 7.29. The Morgan fingerprint density at radius 1 is 1.35 bits per heavy atom. The van der Waals surface area contributed by atoms with Crippen LogP contribution >= 0.6 is 0 Å². The minimum atomic E-state index is -0.750. The second-order valence-corrected chi connectivity index (χ2v) is 5.45. The highest BCUT2D eigenvalue weighted by Crippen LogP contribution is 2.38. The Labute approximate surface area is 134 Å². The first kappa shape index (κ1) is 14.9. The number of fused-ring (bicyclic) bond motifs is 1. The first-order chi connectivity index (χ1) is 11.1. The Morgan fingerprint density at radius 3 is 2.78 bits per heavy atom. The summed E-state index contributed by atoms with van der Waals surface area (Å²) in [4.78, 5) is 18.6. The number of amides is 1. The van der Waals surface area contributed by atoms with E-state index in [1.165, 1.54) is 4.90 Å². The third-order valence-corrected chi connectivity index (χ3v) is 3.63. The maximum Gasteiger partial charge on any atom is 0.274 e. The van der Waals surface area contributed by atoms with Crippen LogP contribution in [0.15, 0.2) is 42.5 Å². The summed E-state index contributed by atoms with van der Waals surface area (Å²) in [7, 11) is 0. The van der Waals surface area contributed by atoms with Gasteiger partial charge in [0.25, 0.3) is 5.91 Å². The molecule has 1 aliphatic rings. The molecule has 2 aromatic rings. The molecule has 0 spiro atoms. The molecule has 23 heavy (non-hydrogen) atoms. The van der Waals surface area contributed by atoms with Gasteiger partial charge in [-0.1, -0.05) is 30.3 Å². The Balaban J connectivity index is 2.04. The molecule has 0 aliphatic carbocycles. The van der Waals surface area contributed by atoms with Gasteiger partial charge in [0.2, 0.25) is 6.10 Å². The van der Waals surface area contributed by atoms with Crippen molar-refractivity contribution in [1.29, 1.82) is 5.26 Å². The Hall–Kier alpha value is -3.07. The average Bonchev–Trinajstić information content (AvgIpc) is 2.58. The lowest BCUT2D eigenvalue weighted by molar-refractivity contribution is -0.126. The molecule has 2 N–H and O–H groups in total. The van der Waals surface area contributed by atoms with Crippen molar-refractivity contribution in [1.82, 2.24) is 4.98 Å². The van der Waals surface area contributed by atoms with E-state index in [0.717, 1.165) is 5.56 Å². The van der Waals surface area contributed by atoms with Gasteiger partial charge in [0.15, 0.2) is 11.6 Å². The lowest BCUT2D eigenvalue weighted by Gasteiger charge is -2.34. The van der Waals surface area contributed by atoms with Gasteiger partial charge in [-0.2, -0.15) is 5.26 Å². The van der Waals surface area contributed by atoms with E-state index >= 15 is 0 Å². The number of ether oxygens (including phenoxy) is 1. The van der Waals surface area contributed by atoms with E-state index in [-0.39, 0.29) is 18.4 Å². The molecule has 1 aromatic carbocycles. The summed E-state index contributed by atoms with van der Waals surface area (Å²) in [5.74, 6) is 0.573. The largest absolute Gasteiger partial charge is 0.472 e. The number of hydrogen-bond donors (Lipinski definition) is 1. The van der Waals surface area contributed by atoms with Crippen molar-refractivity contribution in [3.05, 3.63) is 48.0 Å². The van der Waals surface area contributed by atoms with Crippen LogP contribution in [0.1, 0.15) is 18.6 Å². The first-order valence-electron chi connectivity index (χ1n) is 7.29. The van der Waals surface area contributed by atoms with Gasteiger partial charge in [-0.3, -0.25) is 9.69 Å². The molecule has 3 rings (SSSR count). The number of rotatable bonds is 3. The van der Waals surface area contributed by atoms with Crippen molar-refractivity contribution in [3.8, 4) is 11.8 Å². The molecule has 1 aliphatic heterocycles. The number of anilines is 2. The van der Waals surface area contributed by atoms with Crippen LogP contribution in [0.4, 0.5) is 11.6 Å². The van der Waals surface area contributed by atoms with Gasteiger partial charge in [-0.25, -0.2) is 4.98 Å². The van der Waals surface area contributed by atoms with E-state index in [1.54, 1.807) is 19.1 Å². The number of hydrogen-bond acceptors (Lipinski definition) is 5. The minimum Gasteiger partial charge on any atom is -0.472 e. The number of nitrogens with zero attached hydrogens (tertiary/aromatic N) is 3. The van der Waals surface area contributed by atoms with Crippen LogP contribution < -0.4 is 15.4 Å². The van der Waals surface area contributed by atoms with Gasteiger partial charge in [-0.15, -0.1) is 0 Å². The smallest absolute Gasteiger partial charge is 0.274 e. The summed E-state index contributed by atoms with van der Waals surface area (Å²) in [6.07, 6.45) is -0.750. The predicted octanol–water partition coefficient (Wildman–Crippen LogP) is 2.29. The maximum atomic E-state index is 12.9. The molecule has 0 bridgehead atoms. The van der Waals surface area contributed by atoms with Crippen molar-refractivity contribution in [2.45, 2.75) is 13.0 Å². The van der Waals surface area contributed by atoms with Crippen LogP contribution in [0.2, 0.25) is 0 Å². The number of carbonyl (C=O) groups excluding carboxylic acids is 1. The van der Waals surface area contributed by atoms with E-state index in [0.29, 0.717) is 17.4 Å². The second kappa shape index (κ2) is 5.97. The summed E-state index contributed by atoms with van der Waals surface area (Å²) in [5.41, 5.74) is 6.49. The van der Waals surface area contributed by atoms with Crippen molar-refractivity contribution in [2.24, 2.45) is 5.92 Å². The van der Waals surface area contributed by atoms with Gasteiger partial charge in [0.1, 0.15) is 5.82 Å². The standard InChI is InChI=1S/C17H16N4O2/c1-11(9-18)10-21-16-13(7-8-14(19)20-16)23-15(17(21)22)12-5-3-2-4-6-12/h2-8,11,15H,10H2,1H3,(H2,19,20). The molecule has 0 fully saturated rings. The van der Waals surface area contributed by atoms with Crippen LogP contribution in [0, 0.1) is 17.2 Å². The summed E-state index contributed by atoms with van der Waals surface area (Å²) in [6.45, 7) is 2.00. The molecule has 0 radical (unpaired) electrons. The highest BCUT2D eigenvalue weighted by Gasteiger charge is 2.37. The van der Waals surface area contributed by atoms with Crippen LogP contribution in [0.5, 0.6) is 5.75 Å². The van der Waals surface area contributed by atoms with E-state index in [9.17, 15) is 4.79 Å². The summed E-state index contributed by atoms with van der Waals surface area (Å²) in [6, 6.07) is 14.7. The highest BCUT2D eigenvalue weighted by atomic mass is 16.5. The predicted molar refractivity (Wildman–Crippen MR) is 85.6 cm³/mol. The molecule has 6 heteroatoms. The SMILES string of the molecule is CC(C#N)CN1C(=O)C(c2ccccc2)Oc2ccc(N)nc21. The lowest BCUT2D eigenvalue weighted by atomic mass is 10.1. The van der Waals surface area contributed by atoms with Gasteiger partial charge in [-0.05, 0) is 19.1 Å². The van der Waals surface area contributed by atoms with Crippen molar-refractivity contribution in [3.63, 3.8) is 0 Å². The van der Waals surface area contributed by atoms with Crippen LogP contribution in [0.3, 0.4) is 0 Å². The maximum absolute atomic E-state index is 12.9. The fraction of sp³-hybridized carbons (Fsp3) is 0.235. The summed E-state index contributed by atoms with van der Waals surface area (Å²) in [5, 5.41) is 9.07. The fourth-order valence-electron chi connectivity index (χ4n) is 2.49. The minimum absolute atomic E-state index is 0.242. The Morgan fingerprint density at radius 2 is 2.09 bits per heavy atom. The van der Waals surface area contributed by atoms with Gasteiger partial charge in [0, 0.05) is 12.1 Å². The number of nitriles is 1. The molecule has 1 amide bonds. The molecular formula is C17H16N4O2. The van der Waals surface area contributed by atoms with Gasteiger partial charge < -0.3 is 10.5 Å². The monoisotopic (exact) mass is 308 g/mol. The zero-order valence-electron chi connectivity index (χ0n) is 12.6. The second-order valence-electron chi connectivity index (χ2n) is 5.45. The number of benzene rings is 1. The van der Waals surface area contributed by atoms with Gasteiger partial charge in [0.05, 0.1) is 12.0 Å². The number of nitrogen functional groups attached to an aromatic ring is 1. The summed E-state index contributed by atoms with van der Waals surface area (Å²) >= 11 is 0. The van der Waals surface area contributed by atoms with Crippen molar-refractivity contribution >= 4 is 17.5 Å².